The fourth-order valence-corrected chi connectivity index (χ4v) is 7.50. The third-order valence-electron chi connectivity index (χ3n) is 9.20. The lowest BCUT2D eigenvalue weighted by molar-refractivity contribution is -0.141. The third kappa shape index (κ3) is 5.60. The summed E-state index contributed by atoms with van der Waals surface area (Å²) in [6.45, 7) is 1.96. The fourth-order valence-electron chi connectivity index (χ4n) is 7.31. The van der Waals surface area contributed by atoms with Crippen molar-refractivity contribution in [2.75, 3.05) is 25.5 Å². The average molecular weight is 591 g/mol. The molecule has 1 saturated carbocycles. The Bertz CT molecular complexity index is 1350. The van der Waals surface area contributed by atoms with Gasteiger partial charge in [-0.15, -0.1) is 0 Å². The summed E-state index contributed by atoms with van der Waals surface area (Å²) in [5.41, 5.74) is 0.621. The smallest absolute Gasteiger partial charge is 0.246 e. The number of nitrogens with zero attached hydrogens (tertiary/aromatic N) is 2. The maximum absolute atomic E-state index is 14.2. The number of carbonyl (C=O) groups excluding carboxylic acids is 3. The average Bonchev–Trinajstić information content (AvgIpc) is 3.61. The molecule has 1 aliphatic carbocycles. The Hall–Kier alpha value is -3.20. The van der Waals surface area contributed by atoms with Gasteiger partial charge in [0.25, 0.3) is 0 Å². The molecule has 9 heteroatoms. The van der Waals surface area contributed by atoms with Crippen LogP contribution in [0, 0.1) is 11.8 Å². The number of fused-ring (bicyclic) bond motifs is 1. The number of likely N-dealkylation sites (tertiary alicyclic amines) is 1. The van der Waals surface area contributed by atoms with E-state index in [1.165, 1.54) is 12.0 Å². The first-order chi connectivity index (χ1) is 20.4. The van der Waals surface area contributed by atoms with Crippen LogP contribution in [-0.4, -0.2) is 71.4 Å². The van der Waals surface area contributed by atoms with E-state index in [0.29, 0.717) is 23.7 Å². The van der Waals surface area contributed by atoms with Crippen LogP contribution in [0.3, 0.4) is 0 Å². The molecule has 42 heavy (non-hydrogen) atoms. The minimum Gasteiger partial charge on any atom is -0.359 e. The number of nitrogens with one attached hydrogen (secondary N) is 2. The van der Waals surface area contributed by atoms with Crippen LogP contribution in [-0.2, 0) is 25.7 Å². The number of carbonyl (C=O) groups is 3. The van der Waals surface area contributed by atoms with Crippen LogP contribution in [0.25, 0.3) is 0 Å². The minimum atomic E-state index is -1.16. The second-order valence-electron chi connectivity index (χ2n) is 12.2. The molecular formula is C33H39ClN4O4. The number of amides is 3. The van der Waals surface area contributed by atoms with Gasteiger partial charge in [-0.3, -0.25) is 14.4 Å². The van der Waals surface area contributed by atoms with Crippen LogP contribution in [0.2, 0.25) is 5.02 Å². The Balaban J connectivity index is 1.21. The number of ether oxygens (including phenoxy) is 1. The lowest BCUT2D eigenvalue weighted by Crippen LogP contribution is -2.56. The van der Waals surface area contributed by atoms with Crippen molar-refractivity contribution < 1.29 is 19.1 Å². The molecule has 3 fully saturated rings. The molecule has 1 spiro atoms. The van der Waals surface area contributed by atoms with Gasteiger partial charge in [0.2, 0.25) is 17.7 Å². The number of halogens is 1. The van der Waals surface area contributed by atoms with Crippen molar-refractivity contribution in [2.45, 2.75) is 68.9 Å². The van der Waals surface area contributed by atoms with E-state index in [2.05, 4.69) is 34.7 Å². The van der Waals surface area contributed by atoms with Crippen molar-refractivity contribution in [1.82, 2.24) is 15.1 Å². The molecule has 2 bridgehead atoms. The monoisotopic (exact) mass is 590 g/mol. The van der Waals surface area contributed by atoms with Crippen molar-refractivity contribution in [2.24, 2.45) is 11.8 Å². The molecule has 3 amide bonds. The molecule has 222 valence electrons. The number of rotatable bonds is 10. The van der Waals surface area contributed by atoms with E-state index in [9.17, 15) is 14.4 Å². The topological polar surface area (TPSA) is 91.0 Å². The summed E-state index contributed by atoms with van der Waals surface area (Å²) in [5.74, 6) is -2.19. The van der Waals surface area contributed by atoms with E-state index >= 15 is 0 Å². The molecule has 6 rings (SSSR count). The fraction of sp³-hybridized carbons (Fsp3) is 0.485. The van der Waals surface area contributed by atoms with Gasteiger partial charge in [-0.1, -0.05) is 79.4 Å². The van der Waals surface area contributed by atoms with E-state index in [1.807, 2.05) is 30.4 Å². The molecule has 2 aromatic rings. The predicted octanol–water partition coefficient (Wildman–Crippen LogP) is 4.40. The van der Waals surface area contributed by atoms with Crippen LogP contribution in [0.5, 0.6) is 0 Å². The summed E-state index contributed by atoms with van der Waals surface area (Å²) in [6.07, 6.45) is 9.09. The first-order valence-electron chi connectivity index (χ1n) is 15.1. The van der Waals surface area contributed by atoms with Crippen molar-refractivity contribution in [3.63, 3.8) is 0 Å². The van der Waals surface area contributed by atoms with Gasteiger partial charge in [-0.25, -0.2) is 0 Å². The summed E-state index contributed by atoms with van der Waals surface area (Å²) in [4.78, 5) is 45.7. The number of hydrogen-bond acceptors (Lipinski definition) is 5. The van der Waals surface area contributed by atoms with E-state index in [1.54, 1.807) is 29.2 Å². The standard InChI is InChI=1S/C33H39ClN4O4/c1-37(21-22-10-4-2-5-11-22)18-9-19-38-29(31(40)35-24-13-6-3-7-14-24)33-17-16-26(42-33)27(28(33)32(38)41)30(39)36-25-15-8-12-23(34)20-25/h2,4-5,8,10-12,15-17,20,24,26-29H,3,6-7,9,13-14,18-19,21H2,1H3,(H,35,40)(H,36,39)/t26-,27-,28-,29-,33+/m1/s1. The highest BCUT2D eigenvalue weighted by atomic mass is 35.5. The van der Waals surface area contributed by atoms with Crippen molar-refractivity contribution in [3.05, 3.63) is 77.3 Å². The Morgan fingerprint density at radius 1 is 1.07 bits per heavy atom. The zero-order chi connectivity index (χ0) is 29.3. The highest BCUT2D eigenvalue weighted by Crippen LogP contribution is 2.55. The largest absolute Gasteiger partial charge is 0.359 e. The van der Waals surface area contributed by atoms with Crippen molar-refractivity contribution in [1.29, 1.82) is 0 Å². The molecule has 2 saturated heterocycles. The Morgan fingerprint density at radius 3 is 2.62 bits per heavy atom. The van der Waals surface area contributed by atoms with Gasteiger partial charge >= 0.3 is 0 Å². The quantitative estimate of drug-likeness (QED) is 0.400. The van der Waals surface area contributed by atoms with Crippen molar-refractivity contribution >= 4 is 35.0 Å². The zero-order valence-electron chi connectivity index (χ0n) is 24.0. The number of benzene rings is 2. The number of hydrogen-bond donors (Lipinski definition) is 2. The maximum Gasteiger partial charge on any atom is 0.246 e. The summed E-state index contributed by atoms with van der Waals surface area (Å²) in [6, 6.07) is 16.5. The molecule has 0 aromatic heterocycles. The Morgan fingerprint density at radius 2 is 1.86 bits per heavy atom. The van der Waals surface area contributed by atoms with Crippen LogP contribution in [0.15, 0.2) is 66.7 Å². The van der Waals surface area contributed by atoms with Crippen LogP contribution in [0.1, 0.15) is 44.1 Å². The lowest BCUT2D eigenvalue weighted by Gasteiger charge is -2.34. The van der Waals surface area contributed by atoms with Gasteiger partial charge in [0, 0.05) is 29.8 Å². The first kappa shape index (κ1) is 28.9. The highest BCUT2D eigenvalue weighted by molar-refractivity contribution is 6.30. The van der Waals surface area contributed by atoms with Gasteiger partial charge in [0.15, 0.2) is 0 Å². The SMILES string of the molecule is CN(CCCN1C(=O)[C@H]2[C@H](C(=O)Nc3cccc(Cl)c3)[C@H]3C=C[C@@]2(O3)[C@H]1C(=O)NC1CCCCC1)Cc1ccccc1. The summed E-state index contributed by atoms with van der Waals surface area (Å²) in [7, 11) is 2.06. The zero-order valence-corrected chi connectivity index (χ0v) is 24.8. The van der Waals surface area contributed by atoms with E-state index < -0.39 is 29.6 Å². The number of anilines is 1. The van der Waals surface area contributed by atoms with Crippen molar-refractivity contribution in [3.8, 4) is 0 Å². The normalized spacial score (nSPS) is 28.4. The van der Waals surface area contributed by atoms with Gasteiger partial charge in [0.1, 0.15) is 11.6 Å². The van der Waals surface area contributed by atoms with E-state index in [-0.39, 0.29) is 23.8 Å². The Labute approximate surface area is 252 Å². The van der Waals surface area contributed by atoms with E-state index in [4.69, 9.17) is 16.3 Å². The molecular weight excluding hydrogens is 552 g/mol. The molecule has 4 aliphatic rings. The molecule has 3 heterocycles. The molecule has 0 unspecified atom stereocenters. The maximum atomic E-state index is 14.2. The van der Waals surface area contributed by atoms with Gasteiger partial charge in [-0.2, -0.15) is 0 Å². The highest BCUT2D eigenvalue weighted by Gasteiger charge is 2.72. The van der Waals surface area contributed by atoms with Gasteiger partial charge < -0.3 is 25.2 Å². The molecule has 2 aromatic carbocycles. The second kappa shape index (κ2) is 12.2. The molecule has 2 N–H and O–H groups in total. The lowest BCUT2D eigenvalue weighted by atomic mass is 9.74. The minimum absolute atomic E-state index is 0.0974. The Kier molecular flexibility index (Phi) is 8.39. The van der Waals surface area contributed by atoms with Crippen LogP contribution in [0.4, 0.5) is 5.69 Å². The molecule has 3 aliphatic heterocycles. The van der Waals surface area contributed by atoms with Crippen LogP contribution >= 0.6 is 11.6 Å². The molecule has 8 nitrogen and oxygen atoms in total. The summed E-state index contributed by atoms with van der Waals surface area (Å²) >= 11 is 6.14. The van der Waals surface area contributed by atoms with Gasteiger partial charge in [-0.05, 0) is 56.6 Å². The molecule has 0 radical (unpaired) electrons. The summed E-state index contributed by atoms with van der Waals surface area (Å²) in [5, 5.41) is 6.69. The first-order valence-corrected chi connectivity index (χ1v) is 15.5. The molecule has 5 atom stereocenters. The third-order valence-corrected chi connectivity index (χ3v) is 9.44. The second-order valence-corrected chi connectivity index (χ2v) is 12.6. The van der Waals surface area contributed by atoms with Crippen LogP contribution < -0.4 is 10.6 Å². The summed E-state index contributed by atoms with van der Waals surface area (Å²) < 4.78 is 6.48. The van der Waals surface area contributed by atoms with E-state index in [0.717, 1.165) is 38.8 Å². The van der Waals surface area contributed by atoms with Gasteiger partial charge in [0.05, 0.1) is 17.9 Å². The predicted molar refractivity (Wildman–Crippen MR) is 162 cm³/mol.